The molecule has 0 bridgehead atoms. The third-order valence-corrected chi connectivity index (χ3v) is 5.05. The summed E-state index contributed by atoms with van der Waals surface area (Å²) in [6.07, 6.45) is 1.82. The number of hydrogen-bond acceptors (Lipinski definition) is 3. The van der Waals surface area contributed by atoms with E-state index >= 15 is 0 Å². The van der Waals surface area contributed by atoms with E-state index in [2.05, 4.69) is 17.6 Å². The monoisotopic (exact) mass is 366 g/mol. The number of nitrogens with one attached hydrogen (secondary N) is 2. The predicted octanol–water partition coefficient (Wildman–Crippen LogP) is 2.53. The van der Waals surface area contributed by atoms with E-state index in [1.807, 2.05) is 6.92 Å². The lowest BCUT2D eigenvalue weighted by Crippen LogP contribution is -2.45. The molecule has 2 fully saturated rings. The molecular weight excluding hydrogens is 338 g/mol. The van der Waals surface area contributed by atoms with Crippen molar-refractivity contribution in [2.24, 2.45) is 10.4 Å². The molecule has 0 saturated carbocycles. The number of nitrogens with zero attached hydrogens (tertiary/aromatic N) is 2. The van der Waals surface area contributed by atoms with Gasteiger partial charge in [-0.15, -0.1) is 0 Å². The Hall–Kier alpha value is -1.89. The van der Waals surface area contributed by atoms with Crippen LogP contribution < -0.4 is 15.5 Å². The molecule has 2 atom stereocenters. The second-order valence-electron chi connectivity index (χ2n) is 7.45. The fourth-order valence-electron chi connectivity index (χ4n) is 3.49. The van der Waals surface area contributed by atoms with Crippen LogP contribution in [0.3, 0.4) is 0 Å². The molecular formula is C19H28F2N4O. The van der Waals surface area contributed by atoms with Gasteiger partial charge in [0.25, 0.3) is 0 Å². The van der Waals surface area contributed by atoms with Crippen molar-refractivity contribution >= 4 is 11.6 Å². The Morgan fingerprint density at radius 2 is 2.15 bits per heavy atom. The first-order valence-corrected chi connectivity index (χ1v) is 9.32. The van der Waals surface area contributed by atoms with Gasteiger partial charge >= 0.3 is 0 Å². The van der Waals surface area contributed by atoms with Gasteiger partial charge in [-0.1, -0.05) is 13.0 Å². The van der Waals surface area contributed by atoms with Crippen LogP contribution in [0.4, 0.5) is 14.5 Å². The Labute approximate surface area is 153 Å². The average molecular weight is 366 g/mol. The highest BCUT2D eigenvalue weighted by Crippen LogP contribution is 2.28. The van der Waals surface area contributed by atoms with Gasteiger partial charge < -0.3 is 20.3 Å². The molecule has 0 spiro atoms. The maximum Gasteiger partial charge on any atom is 0.191 e. The Morgan fingerprint density at radius 3 is 2.81 bits per heavy atom. The third kappa shape index (κ3) is 4.44. The number of anilines is 1. The minimum absolute atomic E-state index is 0.0642. The van der Waals surface area contributed by atoms with Crippen LogP contribution >= 0.6 is 0 Å². The number of aliphatic imine (C=N–C) groups is 1. The van der Waals surface area contributed by atoms with Crippen LogP contribution in [0.1, 0.15) is 26.7 Å². The van der Waals surface area contributed by atoms with Crippen molar-refractivity contribution in [1.29, 1.82) is 0 Å². The number of benzene rings is 1. The van der Waals surface area contributed by atoms with Crippen molar-refractivity contribution in [2.75, 3.05) is 44.3 Å². The van der Waals surface area contributed by atoms with Crippen molar-refractivity contribution in [3.63, 3.8) is 0 Å². The molecule has 2 aliphatic heterocycles. The molecule has 2 aliphatic rings. The zero-order chi connectivity index (χ0) is 18.6. The van der Waals surface area contributed by atoms with Crippen molar-refractivity contribution in [3.8, 4) is 0 Å². The molecule has 144 valence electrons. The Bertz CT molecular complexity index is 626. The molecule has 2 N–H and O–H groups in total. The smallest absolute Gasteiger partial charge is 0.191 e. The van der Waals surface area contributed by atoms with Crippen LogP contribution in [0, 0.1) is 17.0 Å². The fraction of sp³-hybridized carbons (Fsp3) is 0.632. The van der Waals surface area contributed by atoms with Crippen LogP contribution in [-0.2, 0) is 4.74 Å². The van der Waals surface area contributed by atoms with Crippen LogP contribution in [0.5, 0.6) is 0 Å². The number of rotatable bonds is 5. The van der Waals surface area contributed by atoms with Crippen molar-refractivity contribution in [2.45, 2.75) is 32.7 Å². The zero-order valence-electron chi connectivity index (χ0n) is 15.5. The average Bonchev–Trinajstić information content (AvgIpc) is 3.23. The minimum atomic E-state index is -0.514. The normalized spacial score (nSPS) is 26.4. The molecule has 7 heteroatoms. The molecule has 0 radical (unpaired) electrons. The Morgan fingerprint density at radius 1 is 1.38 bits per heavy atom. The molecule has 2 unspecified atom stereocenters. The second-order valence-corrected chi connectivity index (χ2v) is 7.45. The van der Waals surface area contributed by atoms with Crippen molar-refractivity contribution < 1.29 is 13.5 Å². The lowest BCUT2D eigenvalue weighted by atomic mass is 9.90. The number of hydrogen-bond donors (Lipinski definition) is 2. The standard InChI is InChI=1S/C19H28F2N4O/c1-3-22-18(23-12-19(2)8-10-26-13-19)24-14-7-9-25(11-14)17-15(20)5-4-6-16(17)21/h4-6,14H,3,7-13H2,1-2H3,(H2,22,23,24). The van der Waals surface area contributed by atoms with Gasteiger partial charge in [-0.2, -0.15) is 0 Å². The highest BCUT2D eigenvalue weighted by molar-refractivity contribution is 5.80. The largest absolute Gasteiger partial charge is 0.381 e. The molecule has 1 aromatic rings. The van der Waals surface area contributed by atoms with Gasteiger partial charge in [-0.3, -0.25) is 4.99 Å². The highest BCUT2D eigenvalue weighted by Gasteiger charge is 2.30. The molecule has 0 aromatic heterocycles. The summed E-state index contributed by atoms with van der Waals surface area (Å²) in [6, 6.07) is 4.09. The first-order valence-electron chi connectivity index (χ1n) is 9.32. The lowest BCUT2D eigenvalue weighted by molar-refractivity contribution is 0.163. The quantitative estimate of drug-likeness (QED) is 0.621. The Balaban J connectivity index is 1.61. The molecule has 0 amide bonds. The van der Waals surface area contributed by atoms with E-state index in [9.17, 15) is 8.78 Å². The summed E-state index contributed by atoms with van der Waals surface area (Å²) in [6.45, 7) is 8.35. The fourth-order valence-corrected chi connectivity index (χ4v) is 3.49. The summed E-state index contributed by atoms with van der Waals surface area (Å²) in [5, 5.41) is 6.67. The number of halogens is 2. The van der Waals surface area contributed by atoms with Crippen LogP contribution in [-0.4, -0.2) is 51.4 Å². The van der Waals surface area contributed by atoms with E-state index in [0.717, 1.165) is 38.6 Å². The van der Waals surface area contributed by atoms with Crippen molar-refractivity contribution in [3.05, 3.63) is 29.8 Å². The second kappa shape index (κ2) is 8.20. The van der Waals surface area contributed by atoms with Gasteiger partial charge in [-0.05, 0) is 31.9 Å². The predicted molar refractivity (Wildman–Crippen MR) is 99.6 cm³/mol. The van der Waals surface area contributed by atoms with Crippen LogP contribution in [0.25, 0.3) is 0 Å². The van der Waals surface area contributed by atoms with Gasteiger partial charge in [0.1, 0.15) is 17.3 Å². The summed E-state index contributed by atoms with van der Waals surface area (Å²) < 4.78 is 33.5. The van der Waals surface area contributed by atoms with E-state index < -0.39 is 11.6 Å². The number of ether oxygens (including phenoxy) is 1. The van der Waals surface area contributed by atoms with E-state index in [1.165, 1.54) is 18.2 Å². The molecule has 2 heterocycles. The topological polar surface area (TPSA) is 48.9 Å². The zero-order valence-corrected chi connectivity index (χ0v) is 15.5. The van der Waals surface area contributed by atoms with Gasteiger partial charge in [0, 0.05) is 37.7 Å². The van der Waals surface area contributed by atoms with Crippen LogP contribution in [0.2, 0.25) is 0 Å². The van der Waals surface area contributed by atoms with Crippen LogP contribution in [0.15, 0.2) is 23.2 Å². The maximum absolute atomic E-state index is 14.0. The van der Waals surface area contributed by atoms with E-state index in [4.69, 9.17) is 9.73 Å². The SMILES string of the molecule is CCNC(=NCC1(C)CCOC1)NC1CCN(c2c(F)cccc2F)C1. The molecule has 1 aromatic carbocycles. The number of para-hydroxylation sites is 1. The molecule has 2 saturated heterocycles. The molecule has 3 rings (SSSR count). The van der Waals surface area contributed by atoms with E-state index in [-0.39, 0.29) is 17.1 Å². The lowest BCUT2D eigenvalue weighted by Gasteiger charge is -2.23. The first kappa shape index (κ1) is 18.9. The summed E-state index contributed by atoms with van der Waals surface area (Å²) in [7, 11) is 0. The highest BCUT2D eigenvalue weighted by atomic mass is 19.1. The summed E-state index contributed by atoms with van der Waals surface area (Å²) >= 11 is 0. The van der Waals surface area contributed by atoms with E-state index in [0.29, 0.717) is 19.6 Å². The minimum Gasteiger partial charge on any atom is -0.381 e. The molecule has 0 aliphatic carbocycles. The van der Waals surface area contributed by atoms with Crippen molar-refractivity contribution in [1.82, 2.24) is 10.6 Å². The Kier molecular flexibility index (Phi) is 5.96. The summed E-state index contributed by atoms with van der Waals surface area (Å²) in [4.78, 5) is 6.47. The first-order chi connectivity index (χ1) is 12.5. The summed E-state index contributed by atoms with van der Waals surface area (Å²) in [5.74, 6) is -0.276. The van der Waals surface area contributed by atoms with Gasteiger partial charge in [0.05, 0.1) is 13.2 Å². The van der Waals surface area contributed by atoms with Gasteiger partial charge in [0.15, 0.2) is 5.96 Å². The van der Waals surface area contributed by atoms with Gasteiger partial charge in [0.2, 0.25) is 0 Å². The molecule has 26 heavy (non-hydrogen) atoms. The van der Waals surface area contributed by atoms with E-state index in [1.54, 1.807) is 4.90 Å². The maximum atomic E-state index is 14.0. The van der Waals surface area contributed by atoms with Gasteiger partial charge in [-0.25, -0.2) is 8.78 Å². The summed E-state index contributed by atoms with van der Waals surface area (Å²) in [5.41, 5.74) is 0.148. The third-order valence-electron chi connectivity index (χ3n) is 5.05. The number of guanidine groups is 1. The molecule has 5 nitrogen and oxygen atoms in total.